The van der Waals surface area contributed by atoms with Gasteiger partial charge in [0.05, 0.1) is 6.20 Å². The molecule has 4 rings (SSSR count). The minimum Gasteiger partial charge on any atom is -0.351 e. The van der Waals surface area contributed by atoms with Crippen molar-refractivity contribution in [3.63, 3.8) is 0 Å². The second-order valence-corrected chi connectivity index (χ2v) is 9.31. The molecule has 0 radical (unpaired) electrons. The average molecular weight is 475 g/mol. The summed E-state index contributed by atoms with van der Waals surface area (Å²) in [4.78, 5) is 37.1. The van der Waals surface area contributed by atoms with Gasteiger partial charge in [-0.1, -0.05) is 63.4 Å². The molecule has 0 aliphatic heterocycles. The summed E-state index contributed by atoms with van der Waals surface area (Å²) in [5.74, 6) is -1.00. The number of carbonyl (C=O) groups is 2. The van der Waals surface area contributed by atoms with Crippen molar-refractivity contribution in [3.05, 3.63) is 89.8 Å². The van der Waals surface area contributed by atoms with Crippen LogP contribution in [0, 0.1) is 5.82 Å². The van der Waals surface area contributed by atoms with Crippen molar-refractivity contribution in [1.82, 2.24) is 15.3 Å². The highest BCUT2D eigenvalue weighted by atomic mass is 19.1. The number of hydrogen-bond acceptors (Lipinski definition) is 4. The third-order valence-corrected chi connectivity index (χ3v) is 6.46. The molecule has 0 saturated heterocycles. The molecule has 1 aromatic heterocycles. The van der Waals surface area contributed by atoms with Crippen molar-refractivity contribution in [1.29, 1.82) is 0 Å². The Hall–Kier alpha value is -3.61. The number of halogens is 1. The topological polar surface area (TPSA) is 75.2 Å². The van der Waals surface area contributed by atoms with Gasteiger partial charge in [0.25, 0.3) is 5.91 Å². The van der Waals surface area contributed by atoms with Gasteiger partial charge in [0.2, 0.25) is 5.91 Å². The monoisotopic (exact) mass is 474 g/mol. The summed E-state index contributed by atoms with van der Waals surface area (Å²) in [5.41, 5.74) is 2.12. The Bertz CT molecular complexity index is 1150. The van der Waals surface area contributed by atoms with Crippen molar-refractivity contribution < 1.29 is 14.0 Å². The predicted molar refractivity (Wildman–Crippen MR) is 134 cm³/mol. The van der Waals surface area contributed by atoms with Gasteiger partial charge in [-0.25, -0.2) is 9.37 Å². The standard InChI is InChI=1S/C28H31FN4O2/c1-19(2)20-11-13-21(14-12-20)26(27(34)32-23-8-4-3-5-9-23)33(24-10-6-7-22(29)17-24)28(35)25-18-30-15-16-31-25/h6-7,10-19,23,26H,3-5,8-9H2,1-2H3,(H,32,34)/t26-/m1/s1. The molecule has 1 heterocycles. The number of benzene rings is 2. The lowest BCUT2D eigenvalue weighted by atomic mass is 9.94. The Morgan fingerprint density at radius 3 is 2.34 bits per heavy atom. The maximum Gasteiger partial charge on any atom is 0.279 e. The Kier molecular flexibility index (Phi) is 7.85. The second-order valence-electron chi connectivity index (χ2n) is 9.31. The molecule has 1 saturated carbocycles. The third kappa shape index (κ3) is 5.91. The summed E-state index contributed by atoms with van der Waals surface area (Å²) in [5, 5.41) is 3.16. The lowest BCUT2D eigenvalue weighted by Gasteiger charge is -2.33. The molecular formula is C28H31FN4O2. The summed E-state index contributed by atoms with van der Waals surface area (Å²) in [7, 11) is 0. The molecule has 1 aliphatic carbocycles. The summed E-state index contributed by atoms with van der Waals surface area (Å²) < 4.78 is 14.3. The summed E-state index contributed by atoms with van der Waals surface area (Å²) in [6.07, 6.45) is 9.34. The molecule has 1 N–H and O–H groups in total. The van der Waals surface area contributed by atoms with Crippen LogP contribution >= 0.6 is 0 Å². The Morgan fingerprint density at radius 2 is 1.71 bits per heavy atom. The third-order valence-electron chi connectivity index (χ3n) is 6.46. The quantitative estimate of drug-likeness (QED) is 0.485. The van der Waals surface area contributed by atoms with E-state index in [0.29, 0.717) is 11.5 Å². The number of hydrogen-bond donors (Lipinski definition) is 1. The first kappa shape index (κ1) is 24.5. The van der Waals surface area contributed by atoms with Gasteiger partial charge >= 0.3 is 0 Å². The van der Waals surface area contributed by atoms with E-state index in [4.69, 9.17) is 0 Å². The van der Waals surface area contributed by atoms with Gasteiger partial charge in [-0.3, -0.25) is 19.5 Å². The molecule has 1 aliphatic rings. The van der Waals surface area contributed by atoms with Crippen molar-refractivity contribution in [2.75, 3.05) is 4.90 Å². The molecule has 35 heavy (non-hydrogen) atoms. The zero-order valence-electron chi connectivity index (χ0n) is 20.2. The smallest absolute Gasteiger partial charge is 0.279 e. The molecule has 7 heteroatoms. The molecule has 2 amide bonds. The summed E-state index contributed by atoms with van der Waals surface area (Å²) in [6, 6.07) is 12.5. The van der Waals surface area contributed by atoms with Crippen LogP contribution in [0.5, 0.6) is 0 Å². The van der Waals surface area contributed by atoms with Crippen molar-refractivity contribution in [2.24, 2.45) is 0 Å². The van der Waals surface area contributed by atoms with E-state index in [1.807, 2.05) is 24.3 Å². The number of rotatable bonds is 7. The van der Waals surface area contributed by atoms with E-state index < -0.39 is 17.8 Å². The van der Waals surface area contributed by atoms with Gasteiger partial charge in [-0.05, 0) is 48.1 Å². The Balaban J connectivity index is 1.80. The minimum absolute atomic E-state index is 0.0506. The molecule has 0 bridgehead atoms. The van der Waals surface area contributed by atoms with E-state index in [1.54, 1.807) is 6.07 Å². The molecule has 2 aromatic carbocycles. The number of amides is 2. The van der Waals surface area contributed by atoms with E-state index in [-0.39, 0.29) is 23.3 Å². The number of aromatic nitrogens is 2. The van der Waals surface area contributed by atoms with Gasteiger partial charge in [-0.15, -0.1) is 0 Å². The molecule has 0 spiro atoms. The maximum absolute atomic E-state index is 14.3. The number of carbonyl (C=O) groups excluding carboxylic acids is 2. The van der Waals surface area contributed by atoms with E-state index in [9.17, 15) is 14.0 Å². The second kappa shape index (κ2) is 11.2. The zero-order valence-corrected chi connectivity index (χ0v) is 20.2. The highest BCUT2D eigenvalue weighted by molar-refractivity contribution is 6.09. The van der Waals surface area contributed by atoms with E-state index in [1.165, 1.54) is 41.7 Å². The molecular weight excluding hydrogens is 443 g/mol. The van der Waals surface area contributed by atoms with Gasteiger partial charge in [0.1, 0.15) is 17.6 Å². The number of nitrogens with one attached hydrogen (secondary N) is 1. The average Bonchev–Trinajstić information content (AvgIpc) is 2.88. The fourth-order valence-corrected chi connectivity index (χ4v) is 4.55. The first-order valence-corrected chi connectivity index (χ1v) is 12.2. The SMILES string of the molecule is CC(C)c1ccc([C@H](C(=O)NC2CCCCC2)N(C(=O)c2cnccn2)c2cccc(F)c2)cc1. The summed E-state index contributed by atoms with van der Waals surface area (Å²) >= 11 is 0. The van der Waals surface area contributed by atoms with Crippen LogP contribution in [0.4, 0.5) is 10.1 Å². The van der Waals surface area contributed by atoms with Crippen LogP contribution in [0.15, 0.2) is 67.1 Å². The first-order chi connectivity index (χ1) is 16.9. The Morgan fingerprint density at radius 1 is 1.00 bits per heavy atom. The minimum atomic E-state index is -1.01. The van der Waals surface area contributed by atoms with Crippen LogP contribution in [0.25, 0.3) is 0 Å². The highest BCUT2D eigenvalue weighted by Crippen LogP contribution is 2.31. The zero-order chi connectivity index (χ0) is 24.8. The van der Waals surface area contributed by atoms with Crippen LogP contribution in [-0.4, -0.2) is 27.8 Å². The van der Waals surface area contributed by atoms with Gasteiger partial charge in [-0.2, -0.15) is 0 Å². The number of anilines is 1. The lowest BCUT2D eigenvalue weighted by Crippen LogP contribution is -2.47. The van der Waals surface area contributed by atoms with Crippen molar-refractivity contribution in [2.45, 2.75) is 64.0 Å². The van der Waals surface area contributed by atoms with Crippen LogP contribution in [0.1, 0.15) is 79.5 Å². The fourth-order valence-electron chi connectivity index (χ4n) is 4.55. The molecule has 3 aromatic rings. The largest absolute Gasteiger partial charge is 0.351 e. The normalized spacial score (nSPS) is 15.0. The van der Waals surface area contributed by atoms with Crippen LogP contribution < -0.4 is 10.2 Å². The Labute approximate surface area is 205 Å². The van der Waals surface area contributed by atoms with Crippen molar-refractivity contribution >= 4 is 17.5 Å². The predicted octanol–water partition coefficient (Wildman–Crippen LogP) is 5.58. The molecule has 1 fully saturated rings. The van der Waals surface area contributed by atoms with Crippen LogP contribution in [-0.2, 0) is 4.79 Å². The van der Waals surface area contributed by atoms with E-state index in [0.717, 1.165) is 37.7 Å². The molecule has 6 nitrogen and oxygen atoms in total. The molecule has 0 unspecified atom stereocenters. The van der Waals surface area contributed by atoms with E-state index in [2.05, 4.69) is 29.1 Å². The highest BCUT2D eigenvalue weighted by Gasteiger charge is 2.35. The number of nitrogens with zero attached hydrogens (tertiary/aromatic N) is 3. The van der Waals surface area contributed by atoms with Gasteiger partial charge in [0.15, 0.2) is 0 Å². The van der Waals surface area contributed by atoms with E-state index >= 15 is 0 Å². The lowest BCUT2D eigenvalue weighted by molar-refractivity contribution is -0.123. The fraction of sp³-hybridized carbons (Fsp3) is 0.357. The van der Waals surface area contributed by atoms with Gasteiger partial charge < -0.3 is 5.32 Å². The molecule has 182 valence electrons. The van der Waals surface area contributed by atoms with Gasteiger partial charge in [0, 0.05) is 24.1 Å². The maximum atomic E-state index is 14.3. The van der Waals surface area contributed by atoms with Crippen LogP contribution in [0.3, 0.4) is 0 Å². The summed E-state index contributed by atoms with van der Waals surface area (Å²) in [6.45, 7) is 4.19. The first-order valence-electron chi connectivity index (χ1n) is 12.2. The van der Waals surface area contributed by atoms with Crippen LogP contribution in [0.2, 0.25) is 0 Å². The molecule has 1 atom stereocenters. The van der Waals surface area contributed by atoms with Crippen molar-refractivity contribution in [3.8, 4) is 0 Å².